The fourth-order valence-corrected chi connectivity index (χ4v) is 1.84. The maximum absolute atomic E-state index is 11.1. The molecule has 0 aliphatic rings. The van der Waals surface area contributed by atoms with Crippen molar-refractivity contribution in [1.29, 1.82) is 0 Å². The van der Waals surface area contributed by atoms with E-state index in [0.29, 0.717) is 11.4 Å². The van der Waals surface area contributed by atoms with Gasteiger partial charge < -0.3 is 9.84 Å². The first-order valence-corrected chi connectivity index (χ1v) is 5.91. The molecule has 0 radical (unpaired) electrons. The highest BCUT2D eigenvalue weighted by molar-refractivity contribution is 6.30. The van der Waals surface area contributed by atoms with E-state index in [2.05, 4.69) is 0 Å². The fourth-order valence-electron chi connectivity index (χ4n) is 1.61. The molecule has 1 rings (SSSR count). The lowest BCUT2D eigenvalue weighted by Crippen LogP contribution is -2.29. The largest absolute Gasteiger partial charge is 0.479 e. The van der Waals surface area contributed by atoms with E-state index in [1.165, 1.54) is 0 Å². The van der Waals surface area contributed by atoms with Crippen LogP contribution in [0.4, 0.5) is 0 Å². The summed E-state index contributed by atoms with van der Waals surface area (Å²) in [7, 11) is 0. The number of ether oxygens (including phenoxy) is 1. The SMILES string of the molecule is Cc1cc(Cl)ccc1CC(OC(C)C)C(=O)O. The molecule has 4 heteroatoms. The van der Waals surface area contributed by atoms with Crippen LogP contribution in [0.2, 0.25) is 5.02 Å². The number of hydrogen-bond donors (Lipinski definition) is 1. The summed E-state index contributed by atoms with van der Waals surface area (Å²) in [6, 6.07) is 5.43. The van der Waals surface area contributed by atoms with Crippen LogP contribution in [0.3, 0.4) is 0 Å². The first kappa shape index (κ1) is 14.0. The third-order valence-electron chi connectivity index (χ3n) is 2.42. The van der Waals surface area contributed by atoms with Crippen LogP contribution in [0.15, 0.2) is 18.2 Å². The van der Waals surface area contributed by atoms with Crippen LogP contribution in [-0.2, 0) is 16.0 Å². The first-order chi connectivity index (χ1) is 7.90. The van der Waals surface area contributed by atoms with E-state index in [0.717, 1.165) is 11.1 Å². The summed E-state index contributed by atoms with van der Waals surface area (Å²) in [6.07, 6.45) is -0.560. The van der Waals surface area contributed by atoms with Crippen LogP contribution in [-0.4, -0.2) is 23.3 Å². The van der Waals surface area contributed by atoms with Crippen molar-refractivity contribution < 1.29 is 14.6 Å². The van der Waals surface area contributed by atoms with Crippen molar-refractivity contribution in [2.45, 2.75) is 39.4 Å². The van der Waals surface area contributed by atoms with Gasteiger partial charge in [0.1, 0.15) is 0 Å². The predicted octanol–water partition coefficient (Wildman–Crippen LogP) is 3.07. The average molecular weight is 257 g/mol. The van der Waals surface area contributed by atoms with Gasteiger partial charge in [-0.1, -0.05) is 17.7 Å². The Bertz CT molecular complexity index is 402. The Hall–Kier alpha value is -1.06. The van der Waals surface area contributed by atoms with Crippen molar-refractivity contribution >= 4 is 17.6 Å². The normalized spacial score (nSPS) is 12.8. The molecule has 0 spiro atoms. The number of aryl methyl sites for hydroxylation is 1. The molecular formula is C13H17ClO3. The predicted molar refractivity (Wildman–Crippen MR) is 67.5 cm³/mol. The molecule has 0 saturated heterocycles. The smallest absolute Gasteiger partial charge is 0.333 e. The van der Waals surface area contributed by atoms with Crippen molar-refractivity contribution in [3.8, 4) is 0 Å². The summed E-state index contributed by atoms with van der Waals surface area (Å²) in [4.78, 5) is 11.1. The van der Waals surface area contributed by atoms with Gasteiger partial charge in [-0.2, -0.15) is 0 Å². The highest BCUT2D eigenvalue weighted by Gasteiger charge is 2.20. The molecule has 0 aliphatic heterocycles. The van der Waals surface area contributed by atoms with Gasteiger partial charge in [0.05, 0.1) is 6.10 Å². The number of carboxylic acid groups (broad SMARTS) is 1. The van der Waals surface area contributed by atoms with Crippen molar-refractivity contribution in [2.24, 2.45) is 0 Å². The maximum Gasteiger partial charge on any atom is 0.333 e. The maximum atomic E-state index is 11.1. The fraction of sp³-hybridized carbons (Fsp3) is 0.462. The van der Waals surface area contributed by atoms with Crippen LogP contribution in [0, 0.1) is 6.92 Å². The van der Waals surface area contributed by atoms with Crippen molar-refractivity contribution in [2.75, 3.05) is 0 Å². The van der Waals surface area contributed by atoms with Gasteiger partial charge in [0.15, 0.2) is 6.10 Å². The van der Waals surface area contributed by atoms with E-state index in [4.69, 9.17) is 21.4 Å². The molecule has 1 aromatic carbocycles. The van der Waals surface area contributed by atoms with Gasteiger partial charge in [0.25, 0.3) is 0 Å². The summed E-state index contributed by atoms with van der Waals surface area (Å²) in [5.74, 6) is -0.937. The summed E-state index contributed by atoms with van der Waals surface area (Å²) in [5.41, 5.74) is 1.93. The molecule has 0 fully saturated rings. The first-order valence-electron chi connectivity index (χ1n) is 5.53. The number of halogens is 1. The van der Waals surface area contributed by atoms with Gasteiger partial charge in [0, 0.05) is 11.4 Å². The Morgan fingerprint density at radius 1 is 1.47 bits per heavy atom. The van der Waals surface area contributed by atoms with Gasteiger partial charge >= 0.3 is 5.97 Å². The van der Waals surface area contributed by atoms with Gasteiger partial charge in [0.2, 0.25) is 0 Å². The summed E-state index contributed by atoms with van der Waals surface area (Å²) in [6.45, 7) is 5.56. The lowest BCUT2D eigenvalue weighted by molar-refractivity contribution is -0.153. The molecule has 1 atom stereocenters. The molecule has 0 aromatic heterocycles. The molecule has 17 heavy (non-hydrogen) atoms. The number of rotatable bonds is 5. The molecule has 3 nitrogen and oxygen atoms in total. The summed E-state index contributed by atoms with van der Waals surface area (Å²) in [5, 5.41) is 9.73. The molecular weight excluding hydrogens is 240 g/mol. The van der Waals surface area contributed by atoms with Crippen LogP contribution >= 0.6 is 11.6 Å². The second kappa shape index (κ2) is 6.03. The molecule has 1 aromatic rings. The van der Waals surface area contributed by atoms with Crippen LogP contribution < -0.4 is 0 Å². The molecule has 1 unspecified atom stereocenters. The molecule has 0 heterocycles. The van der Waals surface area contributed by atoms with Gasteiger partial charge in [-0.05, 0) is 44.0 Å². The average Bonchev–Trinajstić information content (AvgIpc) is 2.19. The second-order valence-electron chi connectivity index (χ2n) is 4.29. The van der Waals surface area contributed by atoms with E-state index in [9.17, 15) is 4.79 Å². The molecule has 0 saturated carbocycles. The minimum Gasteiger partial charge on any atom is -0.479 e. The lowest BCUT2D eigenvalue weighted by Gasteiger charge is -2.17. The van der Waals surface area contributed by atoms with Gasteiger partial charge in [-0.15, -0.1) is 0 Å². The third kappa shape index (κ3) is 4.36. The second-order valence-corrected chi connectivity index (χ2v) is 4.72. The standard InChI is InChI=1S/C13H17ClO3/c1-8(2)17-12(13(15)16)7-10-4-5-11(14)6-9(10)3/h4-6,8,12H,7H2,1-3H3,(H,15,16). The third-order valence-corrected chi connectivity index (χ3v) is 2.66. The number of carbonyl (C=O) groups is 1. The minimum absolute atomic E-state index is 0.108. The van der Waals surface area contributed by atoms with Crippen LogP contribution in [0.1, 0.15) is 25.0 Å². The zero-order valence-electron chi connectivity index (χ0n) is 10.2. The highest BCUT2D eigenvalue weighted by atomic mass is 35.5. The molecule has 1 N–H and O–H groups in total. The van der Waals surface area contributed by atoms with Crippen LogP contribution in [0.5, 0.6) is 0 Å². The van der Waals surface area contributed by atoms with E-state index in [1.54, 1.807) is 6.07 Å². The Morgan fingerprint density at radius 3 is 2.59 bits per heavy atom. The Morgan fingerprint density at radius 2 is 2.12 bits per heavy atom. The summed E-state index contributed by atoms with van der Waals surface area (Å²) < 4.78 is 5.37. The van der Waals surface area contributed by atoms with Crippen molar-refractivity contribution in [3.05, 3.63) is 34.3 Å². The van der Waals surface area contributed by atoms with Crippen LogP contribution in [0.25, 0.3) is 0 Å². The highest BCUT2D eigenvalue weighted by Crippen LogP contribution is 2.18. The Kier molecular flexibility index (Phi) is 4.97. The Balaban J connectivity index is 2.82. The zero-order chi connectivity index (χ0) is 13.0. The topological polar surface area (TPSA) is 46.5 Å². The van der Waals surface area contributed by atoms with E-state index in [1.807, 2.05) is 32.9 Å². The number of benzene rings is 1. The van der Waals surface area contributed by atoms with E-state index in [-0.39, 0.29) is 6.10 Å². The van der Waals surface area contributed by atoms with Gasteiger partial charge in [-0.25, -0.2) is 4.79 Å². The monoisotopic (exact) mass is 256 g/mol. The molecule has 94 valence electrons. The van der Waals surface area contributed by atoms with E-state index >= 15 is 0 Å². The van der Waals surface area contributed by atoms with Crippen molar-refractivity contribution in [3.63, 3.8) is 0 Å². The van der Waals surface area contributed by atoms with Gasteiger partial charge in [-0.3, -0.25) is 0 Å². The summed E-state index contributed by atoms with van der Waals surface area (Å²) >= 11 is 5.85. The molecule has 0 bridgehead atoms. The molecule has 0 amide bonds. The van der Waals surface area contributed by atoms with E-state index < -0.39 is 12.1 Å². The van der Waals surface area contributed by atoms with Crippen molar-refractivity contribution in [1.82, 2.24) is 0 Å². The number of hydrogen-bond acceptors (Lipinski definition) is 2. The number of aliphatic carboxylic acids is 1. The Labute approximate surface area is 106 Å². The minimum atomic E-state index is -0.937. The molecule has 0 aliphatic carbocycles. The zero-order valence-corrected chi connectivity index (χ0v) is 11.0. The number of carboxylic acids is 1. The quantitative estimate of drug-likeness (QED) is 0.881. The lowest BCUT2D eigenvalue weighted by atomic mass is 10.0.